The number of halogens is 1. The van der Waals surface area contributed by atoms with Gasteiger partial charge in [0.25, 0.3) is 0 Å². The van der Waals surface area contributed by atoms with Gasteiger partial charge in [0.15, 0.2) is 0 Å². The molecule has 1 fully saturated rings. The van der Waals surface area contributed by atoms with Crippen LogP contribution in [0.1, 0.15) is 45.2 Å². The maximum Gasteiger partial charge on any atom is 0.404 e. The predicted octanol–water partition coefficient (Wildman–Crippen LogP) is 3.43. The summed E-state index contributed by atoms with van der Waals surface area (Å²) in [6, 6.07) is 1.31. The second-order valence-corrected chi connectivity index (χ2v) is 9.05. The van der Waals surface area contributed by atoms with Crippen molar-refractivity contribution >= 4 is 17.8 Å². The van der Waals surface area contributed by atoms with Crippen LogP contribution in [0.25, 0.3) is 11.1 Å². The Morgan fingerprint density at radius 1 is 1.27 bits per heavy atom. The van der Waals surface area contributed by atoms with Crippen LogP contribution in [0.4, 0.5) is 15.0 Å². The highest BCUT2D eigenvalue weighted by Crippen LogP contribution is 2.38. The summed E-state index contributed by atoms with van der Waals surface area (Å²) in [6.07, 6.45) is 5.11. The lowest BCUT2D eigenvalue weighted by Gasteiger charge is -2.28. The second kappa shape index (κ2) is 7.70. The summed E-state index contributed by atoms with van der Waals surface area (Å²) in [7, 11) is 0. The normalized spacial score (nSPS) is 22.4. The van der Waals surface area contributed by atoms with E-state index >= 15 is 0 Å². The summed E-state index contributed by atoms with van der Waals surface area (Å²) in [5, 5.41) is 18.5. The summed E-state index contributed by atoms with van der Waals surface area (Å²) >= 11 is 0. The highest BCUT2D eigenvalue weighted by molar-refractivity contribution is 5.92. The van der Waals surface area contributed by atoms with Gasteiger partial charge < -0.3 is 15.7 Å². The third kappa shape index (κ3) is 4.15. The Hall–Kier alpha value is -2.97. The van der Waals surface area contributed by atoms with Crippen LogP contribution in [0.2, 0.25) is 0 Å². The molecule has 0 bridgehead atoms. The molecule has 3 heterocycles. The monoisotopic (exact) mass is 415 g/mol. The van der Waals surface area contributed by atoms with Crippen LogP contribution in [0.3, 0.4) is 0 Å². The van der Waals surface area contributed by atoms with Crippen molar-refractivity contribution in [1.29, 1.82) is 0 Å². The molecule has 1 saturated carbocycles. The van der Waals surface area contributed by atoms with E-state index in [4.69, 9.17) is 5.11 Å². The lowest BCUT2D eigenvalue weighted by molar-refractivity contribution is -0.121. The molecule has 30 heavy (non-hydrogen) atoms. The lowest BCUT2D eigenvalue weighted by atomic mass is 9.85. The van der Waals surface area contributed by atoms with E-state index in [1.807, 2.05) is 4.68 Å². The molecule has 1 aliphatic heterocycles. The smallest absolute Gasteiger partial charge is 0.404 e. The van der Waals surface area contributed by atoms with Gasteiger partial charge >= 0.3 is 6.09 Å². The van der Waals surface area contributed by atoms with E-state index in [9.17, 15) is 14.0 Å². The van der Waals surface area contributed by atoms with E-state index in [-0.39, 0.29) is 29.1 Å². The van der Waals surface area contributed by atoms with Crippen LogP contribution in [-0.2, 0) is 17.8 Å². The van der Waals surface area contributed by atoms with Gasteiger partial charge in [-0.15, -0.1) is 0 Å². The first-order valence-corrected chi connectivity index (χ1v) is 10.2. The Labute approximate surface area is 173 Å². The van der Waals surface area contributed by atoms with Crippen molar-refractivity contribution < 1.29 is 19.1 Å². The average Bonchev–Trinajstić information content (AvgIpc) is 3.18. The number of hydrogen-bond acceptors (Lipinski definition) is 4. The molecular formula is C21H26FN5O3. The fourth-order valence-corrected chi connectivity index (χ4v) is 4.55. The van der Waals surface area contributed by atoms with Crippen molar-refractivity contribution in [2.45, 2.75) is 58.5 Å². The number of rotatable bonds is 4. The number of aromatic nitrogens is 3. The van der Waals surface area contributed by atoms with Gasteiger partial charge in [-0.1, -0.05) is 20.3 Å². The molecule has 0 spiro atoms. The minimum Gasteiger partial charge on any atom is -0.465 e. The number of amides is 2. The van der Waals surface area contributed by atoms with E-state index < -0.39 is 11.9 Å². The number of anilines is 1. The lowest BCUT2D eigenvalue weighted by Crippen LogP contribution is -2.40. The van der Waals surface area contributed by atoms with E-state index in [2.05, 4.69) is 34.6 Å². The van der Waals surface area contributed by atoms with Crippen LogP contribution in [0.5, 0.6) is 0 Å². The zero-order chi connectivity index (χ0) is 21.5. The molecule has 9 heteroatoms. The SMILES string of the molecule is CC1(C)Cc2c(-c3cc(NC(=O)[C@H]4CCC[C@@H](NC(=O)O)C4)ncc3F)cnn2C1. The molecule has 2 atom stereocenters. The van der Waals surface area contributed by atoms with Crippen molar-refractivity contribution in [3.05, 3.63) is 30.0 Å². The van der Waals surface area contributed by atoms with Gasteiger partial charge in [-0.25, -0.2) is 14.2 Å². The van der Waals surface area contributed by atoms with Crippen LogP contribution in [0.15, 0.2) is 18.5 Å². The number of carbonyl (C=O) groups is 2. The molecule has 2 aromatic rings. The molecule has 2 aromatic heterocycles. The van der Waals surface area contributed by atoms with Crippen molar-refractivity contribution in [1.82, 2.24) is 20.1 Å². The molecule has 8 nitrogen and oxygen atoms in total. The summed E-state index contributed by atoms with van der Waals surface area (Å²) < 4.78 is 16.5. The topological polar surface area (TPSA) is 109 Å². The third-order valence-electron chi connectivity index (χ3n) is 5.94. The Kier molecular flexibility index (Phi) is 5.21. The number of nitrogens with zero attached hydrogens (tertiary/aromatic N) is 3. The van der Waals surface area contributed by atoms with Gasteiger partial charge in [0.2, 0.25) is 5.91 Å². The molecule has 2 amide bonds. The molecule has 1 aliphatic carbocycles. The fraction of sp³-hybridized carbons (Fsp3) is 0.524. The first-order valence-electron chi connectivity index (χ1n) is 10.2. The maximum absolute atomic E-state index is 14.6. The third-order valence-corrected chi connectivity index (χ3v) is 5.94. The van der Waals surface area contributed by atoms with Crippen molar-refractivity contribution in [2.24, 2.45) is 11.3 Å². The van der Waals surface area contributed by atoms with E-state index in [0.717, 1.165) is 43.3 Å². The van der Waals surface area contributed by atoms with Crippen molar-refractivity contribution in [3.63, 3.8) is 0 Å². The Balaban J connectivity index is 1.51. The molecule has 160 valence electrons. The molecule has 0 unspecified atom stereocenters. The number of carbonyl (C=O) groups excluding carboxylic acids is 1. The van der Waals surface area contributed by atoms with Gasteiger partial charge in [-0.2, -0.15) is 5.10 Å². The zero-order valence-electron chi connectivity index (χ0n) is 17.1. The molecule has 4 rings (SSSR count). The molecular weight excluding hydrogens is 389 g/mol. The molecule has 3 N–H and O–H groups in total. The summed E-state index contributed by atoms with van der Waals surface area (Å²) in [5.41, 5.74) is 2.14. The highest BCUT2D eigenvalue weighted by atomic mass is 19.1. The summed E-state index contributed by atoms with van der Waals surface area (Å²) in [5.74, 6) is -0.718. The summed E-state index contributed by atoms with van der Waals surface area (Å²) in [4.78, 5) is 27.6. The average molecular weight is 415 g/mol. The van der Waals surface area contributed by atoms with Gasteiger partial charge in [0, 0.05) is 35.3 Å². The summed E-state index contributed by atoms with van der Waals surface area (Å²) in [6.45, 7) is 5.08. The molecule has 2 aliphatic rings. The van der Waals surface area contributed by atoms with E-state index in [0.29, 0.717) is 18.4 Å². The minimum absolute atomic E-state index is 0.0698. The van der Waals surface area contributed by atoms with Gasteiger partial charge in [0.05, 0.1) is 12.4 Å². The number of pyridine rings is 1. The highest BCUT2D eigenvalue weighted by Gasteiger charge is 2.32. The number of fused-ring (bicyclic) bond motifs is 1. The molecule has 0 saturated heterocycles. The maximum atomic E-state index is 14.6. The van der Waals surface area contributed by atoms with Crippen LogP contribution >= 0.6 is 0 Å². The Bertz CT molecular complexity index is 987. The van der Waals surface area contributed by atoms with Crippen LogP contribution in [-0.4, -0.2) is 37.9 Å². The quantitative estimate of drug-likeness (QED) is 0.709. The molecule has 0 aromatic carbocycles. The minimum atomic E-state index is -1.08. The van der Waals surface area contributed by atoms with Gasteiger partial charge in [-0.05, 0) is 37.2 Å². The predicted molar refractivity (Wildman–Crippen MR) is 108 cm³/mol. The van der Waals surface area contributed by atoms with E-state index in [1.165, 1.54) is 0 Å². The second-order valence-electron chi connectivity index (χ2n) is 9.05. The van der Waals surface area contributed by atoms with Crippen LogP contribution < -0.4 is 10.6 Å². The first kappa shape index (κ1) is 20.3. The molecule has 0 radical (unpaired) electrons. The zero-order valence-corrected chi connectivity index (χ0v) is 17.1. The van der Waals surface area contributed by atoms with Crippen molar-refractivity contribution in [3.8, 4) is 11.1 Å². The van der Waals surface area contributed by atoms with Crippen LogP contribution in [0, 0.1) is 17.2 Å². The number of carboxylic acid groups (broad SMARTS) is 1. The van der Waals surface area contributed by atoms with Gasteiger partial charge in [0.1, 0.15) is 11.6 Å². The standard InChI is InChI=1S/C21H26FN5O3/c1-21(2)8-17-15(9-24-27(17)11-21)14-7-18(23-10-16(14)22)26-19(28)12-4-3-5-13(6-12)25-20(29)30/h7,9-10,12-13,25H,3-6,8,11H2,1-2H3,(H,29,30)(H,23,26,28)/t12-,13+/m0/s1. The van der Waals surface area contributed by atoms with Crippen molar-refractivity contribution in [2.75, 3.05) is 5.32 Å². The Morgan fingerprint density at radius 2 is 2.07 bits per heavy atom. The van der Waals surface area contributed by atoms with E-state index in [1.54, 1.807) is 12.3 Å². The fourth-order valence-electron chi connectivity index (χ4n) is 4.55. The first-order chi connectivity index (χ1) is 14.2. The number of hydrogen-bond donors (Lipinski definition) is 3. The number of nitrogens with one attached hydrogen (secondary N) is 2. The largest absolute Gasteiger partial charge is 0.465 e. The van der Waals surface area contributed by atoms with Gasteiger partial charge in [-0.3, -0.25) is 9.48 Å². The Morgan fingerprint density at radius 3 is 2.83 bits per heavy atom.